The van der Waals surface area contributed by atoms with E-state index in [2.05, 4.69) is 5.32 Å². The Balaban J connectivity index is 1.85. The van der Waals surface area contributed by atoms with Crippen LogP contribution in [0, 0.1) is 17.2 Å². The molecule has 2 heterocycles. The van der Waals surface area contributed by atoms with Crippen molar-refractivity contribution in [2.45, 2.75) is 38.8 Å². The highest BCUT2D eigenvalue weighted by Gasteiger charge is 2.44. The topological polar surface area (TPSA) is 164 Å². The van der Waals surface area contributed by atoms with Crippen LogP contribution in [0.4, 0.5) is 14.9 Å². The first-order valence-electron chi connectivity index (χ1n) is 10.8. The minimum absolute atomic E-state index is 0.0144. The molecule has 1 aliphatic carbocycles. The lowest BCUT2D eigenvalue weighted by Gasteiger charge is -2.30. The number of nitrogens with two attached hydrogens (primary N) is 3. The smallest absolute Gasteiger partial charge is 0.350 e. The molecule has 2 aliphatic rings. The van der Waals surface area contributed by atoms with Crippen LogP contribution in [-0.4, -0.2) is 48.1 Å². The number of benzene rings is 1. The molecule has 0 spiro atoms. The van der Waals surface area contributed by atoms with Crippen molar-refractivity contribution in [1.82, 2.24) is 14.6 Å². The van der Waals surface area contributed by atoms with E-state index in [1.807, 2.05) is 18.7 Å². The minimum atomic E-state index is -0.783. The van der Waals surface area contributed by atoms with Crippen molar-refractivity contribution in [2.24, 2.45) is 22.8 Å². The third-order valence-electron chi connectivity index (χ3n) is 6.77. The normalized spacial score (nSPS) is 20.8. The standard InChI is InChI=1S/C21H30FN7O4/c1-21(2)9-27(8-12(21)14(23)7-26-19(24)31)16-13(22)6-11-15(17(16)33-3)28(10-4-5-10)20(32)29(25)18(11)30/h6,10,12,14H,4-5,7-9,23,25H2,1-3H3,(H3,24,26,31). The van der Waals surface area contributed by atoms with E-state index < -0.39 is 29.1 Å². The van der Waals surface area contributed by atoms with E-state index in [1.54, 1.807) is 0 Å². The predicted molar refractivity (Wildman–Crippen MR) is 122 cm³/mol. The molecule has 1 aliphatic heterocycles. The third-order valence-corrected chi connectivity index (χ3v) is 6.77. The monoisotopic (exact) mass is 463 g/mol. The summed E-state index contributed by atoms with van der Waals surface area (Å²) in [7, 11) is 1.38. The Morgan fingerprint density at radius 2 is 2.03 bits per heavy atom. The van der Waals surface area contributed by atoms with Crippen LogP contribution in [0.15, 0.2) is 15.7 Å². The second-order valence-corrected chi connectivity index (χ2v) is 9.58. The predicted octanol–water partition coefficient (Wildman–Crippen LogP) is -0.182. The van der Waals surface area contributed by atoms with Gasteiger partial charge in [0.1, 0.15) is 11.2 Å². The number of nitrogen functional groups attached to an aromatic ring is 1. The Kier molecular flexibility index (Phi) is 5.51. The molecule has 1 aromatic heterocycles. The van der Waals surface area contributed by atoms with Crippen molar-refractivity contribution < 1.29 is 13.9 Å². The first-order valence-corrected chi connectivity index (χ1v) is 10.8. The van der Waals surface area contributed by atoms with Crippen LogP contribution in [0.3, 0.4) is 0 Å². The van der Waals surface area contributed by atoms with Crippen LogP contribution in [0.5, 0.6) is 5.75 Å². The maximum atomic E-state index is 15.5. The van der Waals surface area contributed by atoms with E-state index in [4.69, 9.17) is 22.0 Å². The molecule has 1 aromatic carbocycles. The Morgan fingerprint density at radius 3 is 2.61 bits per heavy atom. The van der Waals surface area contributed by atoms with Crippen LogP contribution < -0.4 is 43.5 Å². The summed E-state index contributed by atoms with van der Waals surface area (Å²) in [4.78, 5) is 38.4. The number of anilines is 1. The SMILES string of the molecule is COc1c(N2CC(C(N)CNC(N)=O)C(C)(C)C2)c(F)cc2c(=O)n(N)c(=O)n(C3CC3)c12. The summed E-state index contributed by atoms with van der Waals surface area (Å²) in [6.07, 6.45) is 1.51. The Labute approximate surface area is 189 Å². The van der Waals surface area contributed by atoms with Crippen LogP contribution in [0.25, 0.3) is 10.9 Å². The van der Waals surface area contributed by atoms with E-state index in [9.17, 15) is 14.4 Å². The van der Waals surface area contributed by atoms with E-state index in [-0.39, 0.29) is 46.3 Å². The zero-order valence-corrected chi connectivity index (χ0v) is 18.9. The highest BCUT2D eigenvalue weighted by molar-refractivity contribution is 5.91. The lowest BCUT2D eigenvalue weighted by atomic mass is 9.78. The number of amides is 2. The van der Waals surface area contributed by atoms with Crippen molar-refractivity contribution in [3.8, 4) is 5.75 Å². The Morgan fingerprint density at radius 1 is 1.36 bits per heavy atom. The molecule has 4 rings (SSSR count). The van der Waals surface area contributed by atoms with Gasteiger partial charge < -0.3 is 32.3 Å². The highest BCUT2D eigenvalue weighted by Crippen LogP contribution is 2.46. The summed E-state index contributed by atoms with van der Waals surface area (Å²) in [5, 5.41) is 2.51. The van der Waals surface area contributed by atoms with Gasteiger partial charge in [-0.2, -0.15) is 4.68 Å². The molecule has 2 aromatic rings. The summed E-state index contributed by atoms with van der Waals surface area (Å²) in [6.45, 7) is 5.05. The van der Waals surface area contributed by atoms with Crippen molar-refractivity contribution >= 4 is 22.6 Å². The molecule has 0 radical (unpaired) electrons. The summed E-state index contributed by atoms with van der Waals surface area (Å²) < 4.78 is 23.1. The maximum absolute atomic E-state index is 15.5. The van der Waals surface area contributed by atoms with E-state index in [1.165, 1.54) is 11.7 Å². The summed E-state index contributed by atoms with van der Waals surface area (Å²) >= 11 is 0. The molecule has 2 atom stereocenters. The number of halogens is 1. The molecule has 0 bridgehead atoms. The first-order chi connectivity index (χ1) is 15.5. The van der Waals surface area contributed by atoms with Gasteiger partial charge in [-0.05, 0) is 30.2 Å². The van der Waals surface area contributed by atoms with Gasteiger partial charge in [-0.15, -0.1) is 0 Å². The van der Waals surface area contributed by atoms with Crippen LogP contribution in [-0.2, 0) is 0 Å². The molecule has 33 heavy (non-hydrogen) atoms. The lowest BCUT2D eigenvalue weighted by Crippen LogP contribution is -2.47. The molecule has 12 heteroatoms. The molecule has 2 fully saturated rings. The fourth-order valence-corrected chi connectivity index (χ4v) is 5.00. The van der Waals surface area contributed by atoms with Gasteiger partial charge >= 0.3 is 11.7 Å². The number of hydrogen-bond acceptors (Lipinski definition) is 7. The number of ether oxygens (including phenoxy) is 1. The highest BCUT2D eigenvalue weighted by atomic mass is 19.1. The number of carbonyl (C=O) groups excluding carboxylic acids is 1. The summed E-state index contributed by atoms with van der Waals surface area (Å²) in [5.41, 5.74) is 10.1. The third kappa shape index (κ3) is 3.77. The van der Waals surface area contributed by atoms with Gasteiger partial charge in [0.2, 0.25) is 0 Å². The van der Waals surface area contributed by atoms with E-state index in [0.29, 0.717) is 17.8 Å². The molecule has 2 amide bonds. The Bertz CT molecular complexity index is 1230. The number of carbonyl (C=O) groups is 1. The zero-order valence-electron chi connectivity index (χ0n) is 18.9. The van der Waals surface area contributed by atoms with Gasteiger partial charge in [-0.3, -0.25) is 9.36 Å². The summed E-state index contributed by atoms with van der Waals surface area (Å²) in [6, 6.07) is -0.0877. The van der Waals surface area contributed by atoms with E-state index >= 15 is 4.39 Å². The number of fused-ring (bicyclic) bond motifs is 1. The van der Waals surface area contributed by atoms with Gasteiger partial charge in [-0.25, -0.2) is 14.0 Å². The fourth-order valence-electron chi connectivity index (χ4n) is 5.00. The van der Waals surface area contributed by atoms with Gasteiger partial charge in [0.05, 0.1) is 12.5 Å². The molecule has 1 saturated carbocycles. The second-order valence-electron chi connectivity index (χ2n) is 9.58. The number of hydrogen-bond donors (Lipinski definition) is 4. The fraction of sp³-hybridized carbons (Fsp3) is 0.571. The van der Waals surface area contributed by atoms with Crippen molar-refractivity contribution in [1.29, 1.82) is 0 Å². The van der Waals surface area contributed by atoms with Crippen LogP contribution in [0.1, 0.15) is 32.7 Å². The van der Waals surface area contributed by atoms with Gasteiger partial charge in [0, 0.05) is 31.7 Å². The van der Waals surface area contributed by atoms with Crippen molar-refractivity contribution in [3.63, 3.8) is 0 Å². The number of urea groups is 1. The molecular weight excluding hydrogens is 433 g/mol. The largest absolute Gasteiger partial charge is 0.492 e. The van der Waals surface area contributed by atoms with E-state index in [0.717, 1.165) is 18.9 Å². The maximum Gasteiger partial charge on any atom is 0.350 e. The minimum Gasteiger partial charge on any atom is -0.492 e. The van der Waals surface area contributed by atoms with Gasteiger partial charge in [-0.1, -0.05) is 13.8 Å². The number of primary amides is 1. The van der Waals surface area contributed by atoms with Crippen LogP contribution >= 0.6 is 0 Å². The lowest BCUT2D eigenvalue weighted by molar-refractivity contribution is 0.231. The van der Waals surface area contributed by atoms with Crippen LogP contribution in [0.2, 0.25) is 0 Å². The second kappa shape index (κ2) is 7.94. The molecule has 2 unspecified atom stereocenters. The van der Waals surface area contributed by atoms with Gasteiger partial charge in [0.25, 0.3) is 5.56 Å². The summed E-state index contributed by atoms with van der Waals surface area (Å²) in [5.74, 6) is 5.06. The molecule has 11 nitrogen and oxygen atoms in total. The number of methoxy groups -OCH3 is 1. The Hall–Kier alpha value is -3.28. The molecular formula is C21H30FN7O4. The first kappa shape index (κ1) is 22.9. The molecule has 7 N–H and O–H groups in total. The van der Waals surface area contributed by atoms with Crippen molar-refractivity contribution in [2.75, 3.05) is 37.5 Å². The average molecular weight is 464 g/mol. The number of rotatable bonds is 6. The quantitative estimate of drug-likeness (QED) is 0.432. The van der Waals surface area contributed by atoms with Gasteiger partial charge in [0.15, 0.2) is 11.6 Å². The molecule has 1 saturated heterocycles. The zero-order chi connectivity index (χ0) is 24.2. The average Bonchev–Trinajstić information content (AvgIpc) is 3.53. The molecule has 180 valence electrons. The number of nitrogens with zero attached hydrogens (tertiary/aromatic N) is 3. The van der Waals surface area contributed by atoms with Crippen molar-refractivity contribution in [3.05, 3.63) is 32.7 Å². The number of aromatic nitrogens is 2. The number of nitrogens with one attached hydrogen (secondary N) is 1.